The number of aromatic nitrogens is 3. The van der Waals surface area contributed by atoms with Gasteiger partial charge in [0, 0.05) is 30.4 Å². The van der Waals surface area contributed by atoms with E-state index in [0.29, 0.717) is 19.8 Å². The molecule has 0 amide bonds. The van der Waals surface area contributed by atoms with E-state index in [4.69, 9.17) is 9.47 Å². The largest absolute Gasteiger partial charge is 0.477 e. The molecule has 0 spiro atoms. The molecular weight excluding hydrogens is 397 g/mol. The summed E-state index contributed by atoms with van der Waals surface area (Å²) in [4.78, 5) is 12.0. The van der Waals surface area contributed by atoms with Crippen molar-refractivity contribution < 1.29 is 22.6 Å². The third-order valence-electron chi connectivity index (χ3n) is 4.59. The monoisotopic (exact) mass is 416 g/mol. The molecule has 4 rings (SSSR count). The highest BCUT2D eigenvalue weighted by molar-refractivity contribution is 5.59. The summed E-state index contributed by atoms with van der Waals surface area (Å²) in [5.74, 6) is -0.330. The smallest absolute Gasteiger partial charge is 0.423 e. The SMILES string of the molecule is FC(F)(F)c1cnc(NCc2ccc(-c3ccccn3)cc2)nc1OCC1COC1. The quantitative estimate of drug-likeness (QED) is 0.623. The Hall–Kier alpha value is -3.20. The van der Waals surface area contributed by atoms with E-state index in [1.165, 1.54) is 0 Å². The summed E-state index contributed by atoms with van der Waals surface area (Å²) in [6.45, 7) is 1.43. The number of rotatable bonds is 7. The van der Waals surface area contributed by atoms with Gasteiger partial charge in [0.2, 0.25) is 11.8 Å². The van der Waals surface area contributed by atoms with Crippen LogP contribution in [0.25, 0.3) is 11.3 Å². The van der Waals surface area contributed by atoms with Gasteiger partial charge in [0.25, 0.3) is 0 Å². The highest BCUT2D eigenvalue weighted by atomic mass is 19.4. The second-order valence-corrected chi connectivity index (χ2v) is 6.89. The number of alkyl halides is 3. The first-order chi connectivity index (χ1) is 14.5. The van der Waals surface area contributed by atoms with Gasteiger partial charge >= 0.3 is 6.18 Å². The minimum Gasteiger partial charge on any atom is -0.477 e. The van der Waals surface area contributed by atoms with Gasteiger partial charge in [0.1, 0.15) is 5.56 Å². The van der Waals surface area contributed by atoms with Crippen LogP contribution in [0.3, 0.4) is 0 Å². The van der Waals surface area contributed by atoms with Crippen molar-refractivity contribution in [3.8, 4) is 17.1 Å². The van der Waals surface area contributed by atoms with Gasteiger partial charge in [-0.25, -0.2) is 4.98 Å². The van der Waals surface area contributed by atoms with Crippen LogP contribution >= 0.6 is 0 Å². The zero-order valence-corrected chi connectivity index (χ0v) is 15.9. The Morgan fingerprint density at radius 3 is 2.50 bits per heavy atom. The second-order valence-electron chi connectivity index (χ2n) is 6.89. The van der Waals surface area contributed by atoms with Crippen molar-refractivity contribution in [2.45, 2.75) is 12.7 Å². The van der Waals surface area contributed by atoms with Crippen LogP contribution < -0.4 is 10.1 Å². The van der Waals surface area contributed by atoms with Crippen LogP contribution in [0.2, 0.25) is 0 Å². The van der Waals surface area contributed by atoms with E-state index in [1.807, 2.05) is 42.5 Å². The van der Waals surface area contributed by atoms with E-state index in [9.17, 15) is 13.2 Å². The van der Waals surface area contributed by atoms with E-state index in [0.717, 1.165) is 23.0 Å². The highest BCUT2D eigenvalue weighted by Gasteiger charge is 2.36. The number of ether oxygens (including phenoxy) is 2. The van der Waals surface area contributed by atoms with Crippen LogP contribution in [0.15, 0.2) is 54.9 Å². The molecule has 1 aliphatic rings. The molecule has 1 aliphatic heterocycles. The zero-order valence-electron chi connectivity index (χ0n) is 15.9. The summed E-state index contributed by atoms with van der Waals surface area (Å²) in [5, 5.41) is 2.94. The van der Waals surface area contributed by atoms with Crippen molar-refractivity contribution in [3.63, 3.8) is 0 Å². The molecule has 3 heterocycles. The van der Waals surface area contributed by atoms with Gasteiger partial charge in [0.05, 0.1) is 25.5 Å². The van der Waals surface area contributed by atoms with Gasteiger partial charge in [-0.05, 0) is 17.7 Å². The van der Waals surface area contributed by atoms with Crippen LogP contribution in [0.4, 0.5) is 19.1 Å². The van der Waals surface area contributed by atoms with Gasteiger partial charge in [0.15, 0.2) is 0 Å². The van der Waals surface area contributed by atoms with Crippen molar-refractivity contribution in [3.05, 3.63) is 66.0 Å². The number of hydrogen-bond acceptors (Lipinski definition) is 6. The van der Waals surface area contributed by atoms with Crippen LogP contribution in [0.5, 0.6) is 5.88 Å². The first kappa shape index (κ1) is 20.1. The third kappa shape index (κ3) is 4.85. The Labute approximate surface area is 171 Å². The van der Waals surface area contributed by atoms with E-state index >= 15 is 0 Å². The maximum atomic E-state index is 13.2. The van der Waals surface area contributed by atoms with Crippen molar-refractivity contribution in [2.24, 2.45) is 5.92 Å². The average molecular weight is 416 g/mol. The minimum absolute atomic E-state index is 0.0664. The lowest BCUT2D eigenvalue weighted by atomic mass is 10.1. The van der Waals surface area contributed by atoms with E-state index in [2.05, 4.69) is 20.3 Å². The van der Waals surface area contributed by atoms with Gasteiger partial charge in [-0.2, -0.15) is 18.2 Å². The molecular formula is C21H19F3N4O2. The van der Waals surface area contributed by atoms with Gasteiger partial charge < -0.3 is 14.8 Å². The Kier molecular flexibility index (Phi) is 5.80. The average Bonchev–Trinajstić information content (AvgIpc) is 2.71. The first-order valence-electron chi connectivity index (χ1n) is 9.38. The number of halogens is 3. The second kappa shape index (κ2) is 8.66. The summed E-state index contributed by atoms with van der Waals surface area (Å²) in [6.07, 6.45) is -2.12. The lowest BCUT2D eigenvalue weighted by Crippen LogP contribution is -2.33. The lowest BCUT2D eigenvalue weighted by Gasteiger charge is -2.26. The molecule has 1 N–H and O–H groups in total. The Morgan fingerprint density at radius 2 is 1.87 bits per heavy atom. The number of nitrogens with zero attached hydrogens (tertiary/aromatic N) is 3. The molecule has 0 aliphatic carbocycles. The molecule has 0 bridgehead atoms. The zero-order chi connectivity index (χ0) is 21.0. The Balaban J connectivity index is 1.43. The van der Waals surface area contributed by atoms with Crippen LogP contribution in [-0.4, -0.2) is 34.8 Å². The first-order valence-corrected chi connectivity index (χ1v) is 9.38. The van der Waals surface area contributed by atoms with Gasteiger partial charge in [-0.3, -0.25) is 4.98 Å². The van der Waals surface area contributed by atoms with Crippen molar-refractivity contribution in [1.29, 1.82) is 0 Å². The summed E-state index contributed by atoms with van der Waals surface area (Å²) < 4.78 is 50.0. The normalized spacial score (nSPS) is 14.2. The van der Waals surface area contributed by atoms with Crippen LogP contribution in [-0.2, 0) is 17.5 Å². The molecule has 0 radical (unpaired) electrons. The molecule has 6 nitrogen and oxygen atoms in total. The van der Waals surface area contributed by atoms with Crippen molar-refractivity contribution >= 4 is 5.95 Å². The fraction of sp³-hybridized carbons (Fsp3) is 0.286. The van der Waals surface area contributed by atoms with E-state index < -0.39 is 17.6 Å². The minimum atomic E-state index is -4.59. The maximum absolute atomic E-state index is 13.2. The topological polar surface area (TPSA) is 69.2 Å². The lowest BCUT2D eigenvalue weighted by molar-refractivity contribution is -0.140. The molecule has 9 heteroatoms. The number of nitrogens with one attached hydrogen (secondary N) is 1. The standard InChI is InChI=1S/C21H19F3N4O2/c22-21(23,24)17-10-27-20(28-19(17)30-13-15-11-29-12-15)26-9-14-4-6-16(7-5-14)18-3-1-2-8-25-18/h1-8,10,15H,9,11-13H2,(H,26,27,28). The molecule has 0 unspecified atom stereocenters. The molecule has 2 aromatic heterocycles. The summed E-state index contributed by atoms with van der Waals surface area (Å²) in [7, 11) is 0. The Bertz CT molecular complexity index is 978. The van der Waals surface area contributed by atoms with Crippen LogP contribution in [0, 0.1) is 5.92 Å². The fourth-order valence-electron chi connectivity index (χ4n) is 2.84. The van der Waals surface area contributed by atoms with Crippen molar-refractivity contribution in [1.82, 2.24) is 15.0 Å². The highest BCUT2D eigenvalue weighted by Crippen LogP contribution is 2.35. The molecule has 1 aromatic carbocycles. The van der Waals surface area contributed by atoms with Gasteiger partial charge in [-0.1, -0.05) is 30.3 Å². The van der Waals surface area contributed by atoms with E-state index in [-0.39, 0.29) is 18.5 Å². The maximum Gasteiger partial charge on any atom is 0.423 e. The van der Waals surface area contributed by atoms with Crippen molar-refractivity contribution in [2.75, 3.05) is 25.1 Å². The van der Waals surface area contributed by atoms with Crippen LogP contribution in [0.1, 0.15) is 11.1 Å². The molecule has 1 fully saturated rings. The number of pyridine rings is 1. The molecule has 30 heavy (non-hydrogen) atoms. The Morgan fingerprint density at radius 1 is 1.07 bits per heavy atom. The number of anilines is 1. The number of hydrogen-bond donors (Lipinski definition) is 1. The predicted octanol–water partition coefficient (Wildman–Crippen LogP) is 4.19. The summed E-state index contributed by atoms with van der Waals surface area (Å²) in [5.41, 5.74) is 1.77. The van der Waals surface area contributed by atoms with Gasteiger partial charge in [-0.15, -0.1) is 0 Å². The molecule has 1 saturated heterocycles. The summed E-state index contributed by atoms with van der Waals surface area (Å²) >= 11 is 0. The number of benzene rings is 1. The molecule has 3 aromatic rings. The third-order valence-corrected chi connectivity index (χ3v) is 4.59. The molecule has 156 valence electrons. The fourth-order valence-corrected chi connectivity index (χ4v) is 2.84. The predicted molar refractivity (Wildman–Crippen MR) is 104 cm³/mol. The van der Waals surface area contributed by atoms with E-state index in [1.54, 1.807) is 6.20 Å². The molecule has 0 atom stereocenters. The summed E-state index contributed by atoms with van der Waals surface area (Å²) in [6, 6.07) is 13.4. The molecule has 0 saturated carbocycles.